The van der Waals surface area contributed by atoms with E-state index < -0.39 is 5.54 Å². The normalized spacial score (nSPS) is 21.5. The van der Waals surface area contributed by atoms with Crippen LogP contribution in [0.4, 0.5) is 10.1 Å². The first-order chi connectivity index (χ1) is 9.23. The smallest absolute Gasteiger partial charge is 0.152 e. The van der Waals surface area contributed by atoms with Crippen LogP contribution in [0, 0.1) is 17.1 Å². The molecule has 19 heavy (non-hydrogen) atoms. The van der Waals surface area contributed by atoms with Gasteiger partial charge in [-0.05, 0) is 48.9 Å². The minimum Gasteiger partial charge on any atom is -0.364 e. The van der Waals surface area contributed by atoms with Crippen LogP contribution in [-0.4, -0.2) is 0 Å². The predicted octanol–water partition coefficient (Wildman–Crippen LogP) is 4.05. The van der Waals surface area contributed by atoms with Crippen molar-refractivity contribution >= 4 is 17.0 Å². The first-order valence-corrected chi connectivity index (χ1v) is 7.13. The Kier molecular flexibility index (Phi) is 3.00. The van der Waals surface area contributed by atoms with Gasteiger partial charge in [0, 0.05) is 16.1 Å². The lowest BCUT2D eigenvalue weighted by atomic mass is 9.81. The van der Waals surface area contributed by atoms with E-state index in [4.69, 9.17) is 0 Å². The molecule has 1 aliphatic rings. The van der Waals surface area contributed by atoms with Crippen LogP contribution in [0.3, 0.4) is 0 Å². The van der Waals surface area contributed by atoms with Gasteiger partial charge >= 0.3 is 0 Å². The number of aryl methyl sites for hydroxylation is 1. The van der Waals surface area contributed by atoms with Gasteiger partial charge in [-0.1, -0.05) is 6.07 Å². The number of benzene rings is 1. The van der Waals surface area contributed by atoms with Crippen molar-refractivity contribution in [3.05, 3.63) is 52.0 Å². The highest BCUT2D eigenvalue weighted by Crippen LogP contribution is 2.40. The fourth-order valence-electron chi connectivity index (χ4n) is 2.65. The molecule has 3 rings (SSSR count). The number of thiophene rings is 1. The summed E-state index contributed by atoms with van der Waals surface area (Å²) in [6.45, 7) is 0. The minimum atomic E-state index is -0.721. The van der Waals surface area contributed by atoms with Crippen molar-refractivity contribution < 1.29 is 4.39 Å². The van der Waals surface area contributed by atoms with Crippen molar-refractivity contribution in [2.45, 2.75) is 24.8 Å². The van der Waals surface area contributed by atoms with Gasteiger partial charge in [-0.25, -0.2) is 4.39 Å². The zero-order chi connectivity index (χ0) is 13.3. The standard InChI is InChI=1S/C15H13FN2S/c16-11-3-1-4-12(9-11)18-15(10-17)7-2-5-14-13(15)6-8-19-14/h1,3-4,6,8-9,18H,2,5,7H2. The number of nitrogens with zero attached hydrogens (tertiary/aromatic N) is 1. The third-order valence-electron chi connectivity index (χ3n) is 3.53. The van der Waals surface area contributed by atoms with Gasteiger partial charge in [0.15, 0.2) is 5.54 Å². The molecule has 1 N–H and O–H groups in total. The van der Waals surface area contributed by atoms with Crippen LogP contribution in [-0.2, 0) is 12.0 Å². The Morgan fingerprint density at radius 2 is 2.26 bits per heavy atom. The average molecular weight is 272 g/mol. The summed E-state index contributed by atoms with van der Waals surface area (Å²) < 4.78 is 13.3. The van der Waals surface area contributed by atoms with Crippen LogP contribution in [0.1, 0.15) is 23.3 Å². The number of nitrogens with one attached hydrogen (secondary N) is 1. The summed E-state index contributed by atoms with van der Waals surface area (Å²) in [5.41, 5.74) is 0.984. The Bertz CT molecular complexity index is 644. The largest absolute Gasteiger partial charge is 0.364 e. The fraction of sp³-hybridized carbons (Fsp3) is 0.267. The number of hydrogen-bond acceptors (Lipinski definition) is 3. The fourth-order valence-corrected chi connectivity index (χ4v) is 3.65. The number of fused-ring (bicyclic) bond motifs is 1. The highest BCUT2D eigenvalue weighted by Gasteiger charge is 2.37. The number of hydrogen-bond donors (Lipinski definition) is 1. The van der Waals surface area contributed by atoms with Crippen LogP contribution in [0.5, 0.6) is 0 Å². The molecule has 1 atom stereocenters. The SMILES string of the molecule is N#CC1(Nc2cccc(F)c2)CCCc2sccc21. The highest BCUT2D eigenvalue weighted by molar-refractivity contribution is 7.10. The molecule has 96 valence electrons. The van der Waals surface area contributed by atoms with E-state index >= 15 is 0 Å². The molecule has 0 saturated heterocycles. The van der Waals surface area contributed by atoms with E-state index in [1.54, 1.807) is 23.5 Å². The zero-order valence-electron chi connectivity index (χ0n) is 10.3. The van der Waals surface area contributed by atoms with Gasteiger partial charge in [0.1, 0.15) is 5.82 Å². The van der Waals surface area contributed by atoms with E-state index in [0.717, 1.165) is 24.8 Å². The second-order valence-corrected chi connectivity index (χ2v) is 5.76. The molecule has 0 radical (unpaired) electrons. The van der Waals surface area contributed by atoms with Crippen molar-refractivity contribution in [3.8, 4) is 6.07 Å². The van der Waals surface area contributed by atoms with Crippen molar-refractivity contribution in [1.29, 1.82) is 5.26 Å². The molecule has 2 aromatic rings. The van der Waals surface area contributed by atoms with Gasteiger partial charge < -0.3 is 5.32 Å². The highest BCUT2D eigenvalue weighted by atomic mass is 32.1. The molecule has 1 unspecified atom stereocenters. The van der Waals surface area contributed by atoms with Gasteiger partial charge in [0.05, 0.1) is 6.07 Å². The Morgan fingerprint density at radius 3 is 3.05 bits per heavy atom. The molecule has 1 heterocycles. The molecular weight excluding hydrogens is 259 g/mol. The molecule has 1 aliphatic carbocycles. The maximum absolute atomic E-state index is 13.3. The van der Waals surface area contributed by atoms with E-state index in [9.17, 15) is 9.65 Å². The summed E-state index contributed by atoms with van der Waals surface area (Å²) in [5.74, 6) is -0.292. The second-order valence-electron chi connectivity index (χ2n) is 4.76. The quantitative estimate of drug-likeness (QED) is 0.895. The van der Waals surface area contributed by atoms with E-state index in [1.807, 2.05) is 11.4 Å². The number of anilines is 1. The molecule has 0 fully saturated rings. The van der Waals surface area contributed by atoms with Crippen molar-refractivity contribution in [3.63, 3.8) is 0 Å². The monoisotopic (exact) mass is 272 g/mol. The second kappa shape index (κ2) is 4.67. The minimum absolute atomic E-state index is 0.292. The van der Waals surface area contributed by atoms with Crippen LogP contribution < -0.4 is 5.32 Å². The van der Waals surface area contributed by atoms with Gasteiger partial charge in [-0.2, -0.15) is 5.26 Å². The molecule has 0 spiro atoms. The summed E-state index contributed by atoms with van der Waals surface area (Å²) in [5, 5.41) is 14.9. The molecular formula is C15H13FN2S. The topological polar surface area (TPSA) is 35.8 Å². The predicted molar refractivity (Wildman–Crippen MR) is 74.6 cm³/mol. The van der Waals surface area contributed by atoms with Gasteiger partial charge in [0.25, 0.3) is 0 Å². The molecule has 0 amide bonds. The molecule has 0 bridgehead atoms. The van der Waals surface area contributed by atoms with E-state index in [-0.39, 0.29) is 5.82 Å². The van der Waals surface area contributed by atoms with Crippen molar-refractivity contribution in [2.24, 2.45) is 0 Å². The number of rotatable bonds is 2. The number of halogens is 1. The molecule has 1 aromatic carbocycles. The first kappa shape index (κ1) is 12.2. The lowest BCUT2D eigenvalue weighted by Gasteiger charge is -2.33. The summed E-state index contributed by atoms with van der Waals surface area (Å²) in [6, 6.07) is 10.7. The number of nitriles is 1. The lowest BCUT2D eigenvalue weighted by molar-refractivity contribution is 0.510. The van der Waals surface area contributed by atoms with Crippen molar-refractivity contribution in [1.82, 2.24) is 0 Å². The summed E-state index contributed by atoms with van der Waals surface area (Å²) >= 11 is 1.69. The van der Waals surface area contributed by atoms with Crippen LogP contribution in [0.25, 0.3) is 0 Å². The van der Waals surface area contributed by atoms with Gasteiger partial charge in [-0.3, -0.25) is 0 Å². The maximum atomic E-state index is 13.3. The van der Waals surface area contributed by atoms with E-state index in [0.29, 0.717) is 5.69 Å². The Hall–Kier alpha value is -1.86. The van der Waals surface area contributed by atoms with E-state index in [1.165, 1.54) is 17.0 Å². The molecule has 4 heteroatoms. The zero-order valence-corrected chi connectivity index (χ0v) is 11.1. The van der Waals surface area contributed by atoms with Crippen LogP contribution in [0.15, 0.2) is 35.7 Å². The van der Waals surface area contributed by atoms with Crippen LogP contribution >= 0.6 is 11.3 Å². The molecule has 0 aliphatic heterocycles. The van der Waals surface area contributed by atoms with Gasteiger partial charge in [-0.15, -0.1) is 11.3 Å². The molecule has 2 nitrogen and oxygen atoms in total. The summed E-state index contributed by atoms with van der Waals surface area (Å²) in [6.07, 6.45) is 2.76. The van der Waals surface area contributed by atoms with Gasteiger partial charge in [0.2, 0.25) is 0 Å². The molecule has 1 aromatic heterocycles. The Balaban J connectivity index is 2.01. The Morgan fingerprint density at radius 1 is 1.37 bits per heavy atom. The summed E-state index contributed by atoms with van der Waals surface area (Å²) in [4.78, 5) is 1.26. The summed E-state index contributed by atoms with van der Waals surface area (Å²) in [7, 11) is 0. The van der Waals surface area contributed by atoms with Crippen LogP contribution in [0.2, 0.25) is 0 Å². The van der Waals surface area contributed by atoms with E-state index in [2.05, 4.69) is 11.4 Å². The van der Waals surface area contributed by atoms with Crippen molar-refractivity contribution in [2.75, 3.05) is 5.32 Å². The average Bonchev–Trinajstić information content (AvgIpc) is 2.88. The lowest BCUT2D eigenvalue weighted by Crippen LogP contribution is -2.36. The third kappa shape index (κ3) is 2.11. The molecule has 0 saturated carbocycles. The third-order valence-corrected chi connectivity index (χ3v) is 4.51. The maximum Gasteiger partial charge on any atom is 0.152 e. The Labute approximate surface area is 115 Å². The first-order valence-electron chi connectivity index (χ1n) is 6.25.